The molecule has 8 nitrogen and oxygen atoms in total. The first-order chi connectivity index (χ1) is 15.3. The van der Waals surface area contributed by atoms with E-state index in [1.54, 1.807) is 4.68 Å². The Hall–Kier alpha value is -3.13. The summed E-state index contributed by atoms with van der Waals surface area (Å²) in [6.45, 7) is 6.11. The van der Waals surface area contributed by atoms with Gasteiger partial charge in [-0.3, -0.25) is 0 Å². The van der Waals surface area contributed by atoms with Gasteiger partial charge in [0.1, 0.15) is 5.75 Å². The van der Waals surface area contributed by atoms with Gasteiger partial charge in [0.25, 0.3) is 0 Å². The lowest BCUT2D eigenvalue weighted by molar-refractivity contribution is 0.0499. The van der Waals surface area contributed by atoms with Crippen LogP contribution < -0.4 is 9.64 Å². The Morgan fingerprint density at radius 2 is 2.03 bits per heavy atom. The van der Waals surface area contributed by atoms with Gasteiger partial charge in [-0.05, 0) is 42.9 Å². The van der Waals surface area contributed by atoms with E-state index in [2.05, 4.69) is 18.8 Å². The number of benzene rings is 1. The highest BCUT2D eigenvalue weighted by Gasteiger charge is 2.24. The second-order valence-electron chi connectivity index (χ2n) is 8.74. The number of carbonyl (C=O) groups is 1. The maximum absolute atomic E-state index is 11.9. The molecule has 2 aromatic heterocycles. The van der Waals surface area contributed by atoms with Crippen LogP contribution in [0, 0.1) is 5.92 Å². The Morgan fingerprint density at radius 3 is 2.69 bits per heavy atom. The molecule has 1 saturated heterocycles. The lowest BCUT2D eigenvalue weighted by Gasteiger charge is -2.22. The molecule has 0 unspecified atom stereocenters. The van der Waals surface area contributed by atoms with E-state index in [1.165, 1.54) is 6.07 Å². The van der Waals surface area contributed by atoms with Crippen LogP contribution >= 0.6 is 0 Å². The third-order valence-corrected chi connectivity index (χ3v) is 5.80. The smallest absolute Gasteiger partial charge is 0.354 e. The van der Waals surface area contributed by atoms with Gasteiger partial charge in [0.05, 0.1) is 23.4 Å². The van der Waals surface area contributed by atoms with Crippen molar-refractivity contribution in [3.63, 3.8) is 0 Å². The highest BCUT2D eigenvalue weighted by atomic mass is 16.5. The number of carboxylic acid groups (broad SMARTS) is 1. The van der Waals surface area contributed by atoms with Gasteiger partial charge in [-0.1, -0.05) is 19.9 Å². The average Bonchev–Trinajstić information content (AvgIpc) is 3.18. The van der Waals surface area contributed by atoms with Crippen LogP contribution in [0.15, 0.2) is 30.3 Å². The number of ether oxygens (including phenoxy) is 2. The topological polar surface area (TPSA) is 89.7 Å². The number of aromatic carboxylic acids is 1. The number of fused-ring (bicyclic) bond motifs is 1. The van der Waals surface area contributed by atoms with Gasteiger partial charge < -0.3 is 19.5 Å². The van der Waals surface area contributed by atoms with Gasteiger partial charge in [-0.25, -0.2) is 14.5 Å². The molecule has 0 radical (unpaired) electrons. The molecule has 0 saturated carbocycles. The fourth-order valence-electron chi connectivity index (χ4n) is 3.94. The minimum absolute atomic E-state index is 0.0558. The number of pyridine rings is 1. The van der Waals surface area contributed by atoms with E-state index in [0.29, 0.717) is 23.9 Å². The zero-order valence-corrected chi connectivity index (χ0v) is 19.0. The Labute approximate surface area is 187 Å². The maximum atomic E-state index is 11.9. The molecule has 0 aliphatic carbocycles. The molecule has 1 aliphatic rings. The van der Waals surface area contributed by atoms with E-state index in [4.69, 9.17) is 14.6 Å². The normalized spacial score (nSPS) is 14.8. The molecular formula is C24H30N4O4. The van der Waals surface area contributed by atoms with E-state index >= 15 is 0 Å². The van der Waals surface area contributed by atoms with Crippen molar-refractivity contribution >= 4 is 22.7 Å². The Bertz CT molecular complexity index is 1120. The monoisotopic (exact) mass is 438 g/mol. The molecule has 1 aliphatic heterocycles. The van der Waals surface area contributed by atoms with Crippen molar-refractivity contribution in [3.8, 4) is 11.4 Å². The Balaban J connectivity index is 1.86. The van der Waals surface area contributed by atoms with Crippen LogP contribution in [0.5, 0.6) is 5.75 Å². The number of nitrogens with zero attached hydrogens (tertiary/aromatic N) is 4. The number of aromatic nitrogens is 3. The van der Waals surface area contributed by atoms with Crippen molar-refractivity contribution in [1.82, 2.24) is 14.8 Å². The fourth-order valence-corrected chi connectivity index (χ4v) is 3.94. The Morgan fingerprint density at radius 1 is 1.28 bits per heavy atom. The molecule has 4 rings (SSSR count). The summed E-state index contributed by atoms with van der Waals surface area (Å²) in [4.78, 5) is 18.3. The summed E-state index contributed by atoms with van der Waals surface area (Å²) in [7, 11) is 3.95. The molecule has 1 aromatic carbocycles. The SMILES string of the molecule is CC(C)c1nn(-c2cccc(N(C)C)c2)c2nc(C(=O)O)cc(OCC3CCOCC3)c12. The van der Waals surface area contributed by atoms with Crippen LogP contribution in [0.25, 0.3) is 16.7 Å². The third kappa shape index (κ3) is 4.41. The summed E-state index contributed by atoms with van der Waals surface area (Å²) >= 11 is 0. The predicted octanol–water partition coefficient (Wildman–Crippen LogP) is 4.11. The second-order valence-corrected chi connectivity index (χ2v) is 8.74. The first kappa shape index (κ1) is 22.1. The highest BCUT2D eigenvalue weighted by molar-refractivity contribution is 5.94. The van der Waals surface area contributed by atoms with Crippen LogP contribution in [-0.4, -0.2) is 59.8 Å². The number of hydrogen-bond acceptors (Lipinski definition) is 6. The number of rotatable bonds is 7. The number of anilines is 1. The fraction of sp³-hybridized carbons (Fsp3) is 0.458. The third-order valence-electron chi connectivity index (χ3n) is 5.80. The van der Waals surface area contributed by atoms with Gasteiger partial charge in [-0.2, -0.15) is 5.10 Å². The number of carboxylic acids is 1. The molecule has 0 atom stereocenters. The summed E-state index contributed by atoms with van der Waals surface area (Å²) in [6.07, 6.45) is 1.88. The first-order valence-corrected chi connectivity index (χ1v) is 11.0. The summed E-state index contributed by atoms with van der Waals surface area (Å²) in [5, 5.41) is 15.3. The minimum atomic E-state index is -1.09. The van der Waals surface area contributed by atoms with Gasteiger partial charge in [0.15, 0.2) is 11.3 Å². The molecule has 0 bridgehead atoms. The molecule has 0 spiro atoms. The largest absolute Gasteiger partial charge is 0.492 e. The van der Waals surface area contributed by atoms with Crippen molar-refractivity contribution in [3.05, 3.63) is 41.7 Å². The molecule has 1 N–H and O–H groups in total. The second kappa shape index (κ2) is 9.16. The first-order valence-electron chi connectivity index (χ1n) is 11.0. The van der Waals surface area contributed by atoms with Crippen molar-refractivity contribution in [2.45, 2.75) is 32.6 Å². The Kier molecular flexibility index (Phi) is 6.32. The molecule has 170 valence electrons. The van der Waals surface area contributed by atoms with Crippen LogP contribution in [0.1, 0.15) is 48.8 Å². The lowest BCUT2D eigenvalue weighted by atomic mass is 10.0. The van der Waals surface area contributed by atoms with Crippen molar-refractivity contribution in [2.75, 3.05) is 38.8 Å². The summed E-state index contributed by atoms with van der Waals surface area (Å²) in [6, 6.07) is 9.45. The zero-order valence-electron chi connectivity index (χ0n) is 19.0. The predicted molar refractivity (Wildman–Crippen MR) is 123 cm³/mol. The van der Waals surface area contributed by atoms with Crippen LogP contribution in [0.3, 0.4) is 0 Å². The minimum Gasteiger partial charge on any atom is -0.492 e. The van der Waals surface area contributed by atoms with E-state index in [9.17, 15) is 9.90 Å². The van der Waals surface area contributed by atoms with Crippen molar-refractivity contribution in [2.24, 2.45) is 5.92 Å². The highest BCUT2D eigenvalue weighted by Crippen LogP contribution is 2.35. The summed E-state index contributed by atoms with van der Waals surface area (Å²) < 4.78 is 13.4. The van der Waals surface area contributed by atoms with Crippen molar-refractivity contribution in [1.29, 1.82) is 0 Å². The molecule has 0 amide bonds. The van der Waals surface area contributed by atoms with E-state index in [-0.39, 0.29) is 11.6 Å². The van der Waals surface area contributed by atoms with Gasteiger partial charge >= 0.3 is 5.97 Å². The zero-order chi connectivity index (χ0) is 22.8. The van der Waals surface area contributed by atoms with E-state index in [0.717, 1.165) is 48.5 Å². The molecule has 3 heterocycles. The quantitative estimate of drug-likeness (QED) is 0.594. The molecule has 1 fully saturated rings. The maximum Gasteiger partial charge on any atom is 0.354 e. The van der Waals surface area contributed by atoms with Gasteiger partial charge in [0, 0.05) is 39.1 Å². The van der Waals surface area contributed by atoms with Gasteiger partial charge in [-0.15, -0.1) is 0 Å². The molecule has 8 heteroatoms. The van der Waals surface area contributed by atoms with Crippen LogP contribution in [-0.2, 0) is 4.74 Å². The molecule has 32 heavy (non-hydrogen) atoms. The van der Waals surface area contributed by atoms with Gasteiger partial charge in [0.2, 0.25) is 0 Å². The van der Waals surface area contributed by atoms with Crippen LogP contribution in [0.4, 0.5) is 5.69 Å². The van der Waals surface area contributed by atoms with E-state index in [1.807, 2.05) is 43.3 Å². The lowest BCUT2D eigenvalue weighted by Crippen LogP contribution is -2.21. The van der Waals surface area contributed by atoms with Crippen molar-refractivity contribution < 1.29 is 19.4 Å². The summed E-state index contributed by atoms with van der Waals surface area (Å²) in [5.41, 5.74) is 3.11. The summed E-state index contributed by atoms with van der Waals surface area (Å²) in [5.74, 6) is -0.0745. The molecular weight excluding hydrogens is 408 g/mol. The van der Waals surface area contributed by atoms with Crippen LogP contribution in [0.2, 0.25) is 0 Å². The number of hydrogen-bond donors (Lipinski definition) is 1. The molecule has 3 aromatic rings. The average molecular weight is 439 g/mol. The standard InChI is InChI=1S/C24H30N4O4/c1-15(2)22-21-20(32-14-16-8-10-31-11-9-16)13-19(24(29)30)25-23(21)28(26-22)18-7-5-6-17(12-18)27(3)4/h5-7,12-13,15-16H,8-11,14H2,1-4H3,(H,29,30). The van der Waals surface area contributed by atoms with E-state index < -0.39 is 5.97 Å².